The SMILES string of the molecule is O=C(NCCOc1ccccc1C(F)(F)F)C1CCNC1. The number of para-hydroxylation sites is 1. The topological polar surface area (TPSA) is 50.4 Å². The lowest BCUT2D eigenvalue weighted by Crippen LogP contribution is -2.34. The highest BCUT2D eigenvalue weighted by Gasteiger charge is 2.34. The van der Waals surface area contributed by atoms with Crippen LogP contribution in [0.25, 0.3) is 0 Å². The Morgan fingerprint density at radius 2 is 2.14 bits per heavy atom. The fourth-order valence-electron chi connectivity index (χ4n) is 2.18. The van der Waals surface area contributed by atoms with E-state index in [-0.39, 0.29) is 30.7 Å². The number of rotatable bonds is 5. The van der Waals surface area contributed by atoms with Crippen molar-refractivity contribution < 1.29 is 22.7 Å². The monoisotopic (exact) mass is 302 g/mol. The summed E-state index contributed by atoms with van der Waals surface area (Å²) in [6, 6.07) is 5.03. The van der Waals surface area contributed by atoms with Crippen LogP contribution in [-0.4, -0.2) is 32.1 Å². The van der Waals surface area contributed by atoms with E-state index in [4.69, 9.17) is 4.74 Å². The predicted octanol–water partition coefficient (Wildman–Crippen LogP) is 1.81. The number of carbonyl (C=O) groups excluding carboxylic acids is 1. The summed E-state index contributed by atoms with van der Waals surface area (Å²) in [5, 5.41) is 5.74. The Morgan fingerprint density at radius 1 is 1.38 bits per heavy atom. The first kappa shape index (κ1) is 15.6. The molecule has 1 aliphatic rings. The van der Waals surface area contributed by atoms with Crippen LogP contribution in [0.1, 0.15) is 12.0 Å². The minimum absolute atomic E-state index is 0.00101. The molecule has 2 rings (SSSR count). The van der Waals surface area contributed by atoms with Gasteiger partial charge in [0.2, 0.25) is 5.91 Å². The minimum atomic E-state index is -4.45. The fraction of sp³-hybridized carbons (Fsp3) is 0.500. The predicted molar refractivity (Wildman–Crippen MR) is 70.9 cm³/mol. The number of ether oxygens (including phenoxy) is 1. The highest BCUT2D eigenvalue weighted by Crippen LogP contribution is 2.35. The molecule has 1 amide bonds. The number of carbonyl (C=O) groups is 1. The lowest BCUT2D eigenvalue weighted by molar-refractivity contribution is -0.139. The van der Waals surface area contributed by atoms with E-state index in [1.807, 2.05) is 0 Å². The third-order valence-corrected chi connectivity index (χ3v) is 3.28. The smallest absolute Gasteiger partial charge is 0.419 e. The average molecular weight is 302 g/mol. The van der Waals surface area contributed by atoms with Crippen LogP contribution >= 0.6 is 0 Å². The molecular formula is C14H17F3N2O2. The van der Waals surface area contributed by atoms with Gasteiger partial charge in [0.25, 0.3) is 0 Å². The second-order valence-electron chi connectivity index (χ2n) is 4.82. The van der Waals surface area contributed by atoms with Crippen LogP contribution in [-0.2, 0) is 11.0 Å². The van der Waals surface area contributed by atoms with Gasteiger partial charge in [0.1, 0.15) is 12.4 Å². The third kappa shape index (κ3) is 4.35. The van der Waals surface area contributed by atoms with Crippen molar-refractivity contribution in [2.24, 2.45) is 5.92 Å². The Labute approximate surface area is 120 Å². The summed E-state index contributed by atoms with van der Waals surface area (Å²) in [5.74, 6) is -0.373. The molecule has 0 spiro atoms. The van der Waals surface area contributed by atoms with E-state index < -0.39 is 11.7 Å². The van der Waals surface area contributed by atoms with Crippen LogP contribution in [0.5, 0.6) is 5.75 Å². The van der Waals surface area contributed by atoms with Gasteiger partial charge < -0.3 is 15.4 Å². The summed E-state index contributed by atoms with van der Waals surface area (Å²) in [7, 11) is 0. The van der Waals surface area contributed by atoms with Crippen molar-refractivity contribution in [2.75, 3.05) is 26.2 Å². The summed E-state index contributed by atoms with van der Waals surface area (Å²) in [5.41, 5.74) is -0.809. The molecule has 116 valence electrons. The summed E-state index contributed by atoms with van der Waals surface area (Å²) < 4.78 is 43.3. The standard InChI is InChI=1S/C14H17F3N2O2/c15-14(16,17)11-3-1-2-4-12(11)21-8-7-19-13(20)10-5-6-18-9-10/h1-4,10,18H,5-9H2,(H,19,20). The fourth-order valence-corrected chi connectivity index (χ4v) is 2.18. The zero-order chi connectivity index (χ0) is 15.3. The van der Waals surface area contributed by atoms with E-state index in [0.717, 1.165) is 19.0 Å². The molecule has 1 heterocycles. The molecule has 1 aromatic carbocycles. The Bertz CT molecular complexity index is 485. The number of hydrogen-bond acceptors (Lipinski definition) is 3. The van der Waals surface area contributed by atoms with Crippen LogP contribution in [0.2, 0.25) is 0 Å². The maximum absolute atomic E-state index is 12.7. The molecule has 1 saturated heterocycles. The molecular weight excluding hydrogens is 285 g/mol. The largest absolute Gasteiger partial charge is 0.491 e. The van der Waals surface area contributed by atoms with Crippen LogP contribution in [0.3, 0.4) is 0 Å². The lowest BCUT2D eigenvalue weighted by Gasteiger charge is -2.14. The van der Waals surface area contributed by atoms with E-state index >= 15 is 0 Å². The number of alkyl halides is 3. The van der Waals surface area contributed by atoms with Crippen molar-refractivity contribution in [1.29, 1.82) is 0 Å². The van der Waals surface area contributed by atoms with Crippen molar-refractivity contribution in [2.45, 2.75) is 12.6 Å². The molecule has 1 fully saturated rings. The van der Waals surface area contributed by atoms with Gasteiger partial charge >= 0.3 is 6.18 Å². The second kappa shape index (κ2) is 6.80. The first-order valence-corrected chi connectivity index (χ1v) is 6.76. The molecule has 0 aromatic heterocycles. The quantitative estimate of drug-likeness (QED) is 0.816. The van der Waals surface area contributed by atoms with Gasteiger partial charge in [0.15, 0.2) is 0 Å². The Kier molecular flexibility index (Phi) is 5.06. The van der Waals surface area contributed by atoms with E-state index in [1.165, 1.54) is 18.2 Å². The highest BCUT2D eigenvalue weighted by atomic mass is 19.4. The number of halogens is 3. The number of amides is 1. The van der Waals surface area contributed by atoms with E-state index in [2.05, 4.69) is 10.6 Å². The van der Waals surface area contributed by atoms with E-state index in [9.17, 15) is 18.0 Å². The number of hydrogen-bond donors (Lipinski definition) is 2. The van der Waals surface area contributed by atoms with Crippen LogP contribution in [0.15, 0.2) is 24.3 Å². The highest BCUT2D eigenvalue weighted by molar-refractivity contribution is 5.79. The zero-order valence-electron chi connectivity index (χ0n) is 11.4. The summed E-state index contributed by atoms with van der Waals surface area (Å²) >= 11 is 0. The molecule has 0 aliphatic carbocycles. The molecule has 2 N–H and O–H groups in total. The summed E-state index contributed by atoms with van der Waals surface area (Å²) in [4.78, 5) is 11.7. The Morgan fingerprint density at radius 3 is 2.81 bits per heavy atom. The zero-order valence-corrected chi connectivity index (χ0v) is 11.4. The molecule has 7 heteroatoms. The molecule has 0 bridgehead atoms. The molecule has 0 radical (unpaired) electrons. The minimum Gasteiger partial charge on any atom is -0.491 e. The van der Waals surface area contributed by atoms with Crippen molar-refractivity contribution >= 4 is 5.91 Å². The lowest BCUT2D eigenvalue weighted by atomic mass is 10.1. The first-order valence-electron chi connectivity index (χ1n) is 6.76. The van der Waals surface area contributed by atoms with Gasteiger partial charge in [0, 0.05) is 6.54 Å². The molecule has 21 heavy (non-hydrogen) atoms. The summed E-state index contributed by atoms with van der Waals surface area (Å²) in [6.07, 6.45) is -3.67. The molecule has 4 nitrogen and oxygen atoms in total. The van der Waals surface area contributed by atoms with Gasteiger partial charge in [0.05, 0.1) is 18.0 Å². The van der Waals surface area contributed by atoms with Gasteiger partial charge in [-0.2, -0.15) is 13.2 Å². The molecule has 0 saturated carbocycles. The van der Waals surface area contributed by atoms with E-state index in [1.54, 1.807) is 0 Å². The van der Waals surface area contributed by atoms with E-state index in [0.29, 0.717) is 6.54 Å². The van der Waals surface area contributed by atoms with Crippen molar-refractivity contribution in [3.8, 4) is 5.75 Å². The Hall–Kier alpha value is -1.76. The third-order valence-electron chi connectivity index (χ3n) is 3.28. The molecule has 1 aromatic rings. The Balaban J connectivity index is 1.80. The maximum atomic E-state index is 12.7. The first-order chi connectivity index (χ1) is 9.98. The normalized spacial score (nSPS) is 18.5. The maximum Gasteiger partial charge on any atom is 0.419 e. The van der Waals surface area contributed by atoms with Gasteiger partial charge in [-0.1, -0.05) is 12.1 Å². The van der Waals surface area contributed by atoms with Crippen molar-refractivity contribution in [1.82, 2.24) is 10.6 Å². The number of benzene rings is 1. The number of nitrogens with one attached hydrogen (secondary N) is 2. The summed E-state index contributed by atoms with van der Waals surface area (Å²) in [6.45, 7) is 1.64. The van der Waals surface area contributed by atoms with Gasteiger partial charge in [-0.25, -0.2) is 0 Å². The van der Waals surface area contributed by atoms with Crippen LogP contribution < -0.4 is 15.4 Å². The molecule has 1 atom stereocenters. The van der Waals surface area contributed by atoms with Crippen molar-refractivity contribution in [3.63, 3.8) is 0 Å². The molecule has 1 aliphatic heterocycles. The molecule has 1 unspecified atom stereocenters. The van der Waals surface area contributed by atoms with Gasteiger partial charge in [-0.3, -0.25) is 4.79 Å². The van der Waals surface area contributed by atoms with Crippen LogP contribution in [0, 0.1) is 5.92 Å². The van der Waals surface area contributed by atoms with Gasteiger partial charge in [-0.05, 0) is 25.1 Å². The average Bonchev–Trinajstić information content (AvgIpc) is 2.97. The van der Waals surface area contributed by atoms with Gasteiger partial charge in [-0.15, -0.1) is 0 Å². The van der Waals surface area contributed by atoms with Crippen LogP contribution in [0.4, 0.5) is 13.2 Å². The van der Waals surface area contributed by atoms with Crippen molar-refractivity contribution in [3.05, 3.63) is 29.8 Å². The second-order valence-corrected chi connectivity index (χ2v) is 4.82.